The number of hydrogen-bond acceptors (Lipinski definition) is 4. The van der Waals surface area contributed by atoms with Crippen molar-refractivity contribution in [2.75, 3.05) is 6.54 Å². The van der Waals surface area contributed by atoms with Gasteiger partial charge in [-0.2, -0.15) is 18.2 Å². The molecule has 2 N–H and O–H groups in total. The van der Waals surface area contributed by atoms with Crippen molar-refractivity contribution in [3.8, 4) is 0 Å². The summed E-state index contributed by atoms with van der Waals surface area (Å²) in [6.45, 7) is -0.148. The number of fused-ring (bicyclic) bond motifs is 1. The van der Waals surface area contributed by atoms with Crippen LogP contribution in [0.25, 0.3) is 0 Å². The van der Waals surface area contributed by atoms with Gasteiger partial charge in [-0.3, -0.25) is 24.6 Å². The highest BCUT2D eigenvalue weighted by atomic mass is 35.5. The van der Waals surface area contributed by atoms with Gasteiger partial charge in [0, 0.05) is 17.1 Å². The first-order chi connectivity index (χ1) is 16.0. The molecule has 2 aromatic rings. The highest BCUT2D eigenvalue weighted by Crippen LogP contribution is 2.44. The lowest BCUT2D eigenvalue weighted by atomic mass is 9.81. The van der Waals surface area contributed by atoms with E-state index in [0.717, 1.165) is 10.5 Å². The van der Waals surface area contributed by atoms with Crippen LogP contribution in [-0.4, -0.2) is 52.7 Å². The van der Waals surface area contributed by atoms with Crippen LogP contribution < -0.4 is 10.6 Å². The van der Waals surface area contributed by atoms with Crippen LogP contribution in [0.4, 0.5) is 18.0 Å². The SMILES string of the molecule is O=C(NC1(C(F)(F)F)C(=O)N=C2C1C(=O)NC(=O)N2CCc1ccccc1)c1ccc(Cl)cc1. The first kappa shape index (κ1) is 23.4. The second kappa shape index (κ2) is 8.56. The Bertz CT molecular complexity index is 1200. The number of halogens is 4. The first-order valence-corrected chi connectivity index (χ1v) is 10.4. The number of benzene rings is 2. The van der Waals surface area contributed by atoms with Gasteiger partial charge in [0.25, 0.3) is 11.8 Å². The zero-order chi connectivity index (χ0) is 24.7. The average molecular weight is 493 g/mol. The summed E-state index contributed by atoms with van der Waals surface area (Å²) >= 11 is 5.75. The van der Waals surface area contributed by atoms with Gasteiger partial charge >= 0.3 is 12.2 Å². The molecule has 2 unspecified atom stereocenters. The Labute approximate surface area is 195 Å². The van der Waals surface area contributed by atoms with E-state index < -0.39 is 47.2 Å². The number of amides is 5. The van der Waals surface area contributed by atoms with E-state index in [1.165, 1.54) is 24.3 Å². The van der Waals surface area contributed by atoms with Gasteiger partial charge in [-0.15, -0.1) is 0 Å². The number of nitrogens with one attached hydrogen (secondary N) is 2. The van der Waals surface area contributed by atoms with Crippen molar-refractivity contribution in [2.45, 2.75) is 18.1 Å². The third-order valence-electron chi connectivity index (χ3n) is 5.59. The molecule has 2 aliphatic heterocycles. The summed E-state index contributed by atoms with van der Waals surface area (Å²) < 4.78 is 43.2. The zero-order valence-electron chi connectivity index (χ0n) is 17.2. The van der Waals surface area contributed by atoms with E-state index in [1.807, 2.05) is 5.32 Å². The second-order valence-corrected chi connectivity index (χ2v) is 8.09. The normalized spacial score (nSPS) is 22.2. The molecule has 176 valence electrons. The lowest BCUT2D eigenvalue weighted by Gasteiger charge is -2.39. The molecule has 0 radical (unpaired) electrons. The minimum Gasteiger partial charge on any atom is -0.329 e. The average Bonchev–Trinajstić information content (AvgIpc) is 3.08. The molecule has 0 saturated carbocycles. The largest absolute Gasteiger partial charge is 0.422 e. The van der Waals surface area contributed by atoms with Crippen molar-refractivity contribution in [3.05, 3.63) is 70.7 Å². The number of hydrogen-bond donors (Lipinski definition) is 2. The molecular formula is C22H16ClF3N4O4. The van der Waals surface area contributed by atoms with E-state index in [1.54, 1.807) is 35.6 Å². The monoisotopic (exact) mass is 492 g/mol. The molecule has 1 fully saturated rings. The molecule has 0 aromatic heterocycles. The minimum absolute atomic E-state index is 0.148. The predicted molar refractivity (Wildman–Crippen MR) is 114 cm³/mol. The summed E-state index contributed by atoms with van der Waals surface area (Å²) in [6, 6.07) is 12.7. The van der Waals surface area contributed by atoms with E-state index in [2.05, 4.69) is 4.99 Å². The number of imide groups is 1. The van der Waals surface area contributed by atoms with E-state index in [4.69, 9.17) is 11.6 Å². The van der Waals surface area contributed by atoms with Crippen LogP contribution >= 0.6 is 11.6 Å². The fourth-order valence-electron chi connectivity index (χ4n) is 3.89. The molecule has 8 nitrogen and oxygen atoms in total. The summed E-state index contributed by atoms with van der Waals surface area (Å²) in [5.41, 5.74) is -3.14. The van der Waals surface area contributed by atoms with Crippen LogP contribution in [0, 0.1) is 5.92 Å². The molecule has 0 bridgehead atoms. The van der Waals surface area contributed by atoms with Gasteiger partial charge in [-0.25, -0.2) is 4.79 Å². The summed E-state index contributed by atoms with van der Waals surface area (Å²) in [7, 11) is 0. The molecule has 12 heteroatoms. The van der Waals surface area contributed by atoms with Crippen LogP contribution in [-0.2, 0) is 16.0 Å². The van der Waals surface area contributed by atoms with Crippen molar-refractivity contribution < 1.29 is 32.3 Å². The van der Waals surface area contributed by atoms with Crippen molar-refractivity contribution >= 4 is 41.2 Å². The molecule has 2 atom stereocenters. The first-order valence-electron chi connectivity index (χ1n) is 9.98. The van der Waals surface area contributed by atoms with Gasteiger partial charge in [-0.05, 0) is 36.2 Å². The van der Waals surface area contributed by atoms with E-state index in [9.17, 15) is 32.3 Å². The lowest BCUT2D eigenvalue weighted by molar-refractivity contribution is -0.202. The van der Waals surface area contributed by atoms with Crippen LogP contribution in [0.1, 0.15) is 15.9 Å². The topological polar surface area (TPSA) is 108 Å². The van der Waals surface area contributed by atoms with Crippen molar-refractivity contribution in [2.24, 2.45) is 10.9 Å². The van der Waals surface area contributed by atoms with Gasteiger partial charge in [0.05, 0.1) is 0 Å². The third-order valence-corrected chi connectivity index (χ3v) is 5.84. The van der Waals surface area contributed by atoms with Crippen molar-refractivity contribution in [1.82, 2.24) is 15.5 Å². The van der Waals surface area contributed by atoms with Crippen molar-refractivity contribution in [1.29, 1.82) is 0 Å². The number of aliphatic imine (C=N–C) groups is 1. The molecule has 34 heavy (non-hydrogen) atoms. The molecule has 1 saturated heterocycles. The molecule has 0 aliphatic carbocycles. The Morgan fingerprint density at radius 2 is 1.74 bits per heavy atom. The fraction of sp³-hybridized carbons (Fsp3) is 0.227. The maximum atomic E-state index is 14.4. The van der Waals surface area contributed by atoms with Gasteiger partial charge in [0.15, 0.2) is 0 Å². The van der Waals surface area contributed by atoms with E-state index in [-0.39, 0.29) is 23.6 Å². The Balaban J connectivity index is 1.69. The number of nitrogens with zero attached hydrogens (tertiary/aromatic N) is 2. The van der Waals surface area contributed by atoms with Gasteiger partial charge in [-0.1, -0.05) is 41.9 Å². The van der Waals surface area contributed by atoms with Gasteiger partial charge in [0.1, 0.15) is 11.8 Å². The molecule has 5 amide bonds. The van der Waals surface area contributed by atoms with E-state index >= 15 is 0 Å². The Morgan fingerprint density at radius 1 is 1.09 bits per heavy atom. The standard InChI is InChI=1S/C22H16ClF3N4O4/c23-14-8-6-13(7-9-14)17(31)29-21(22(24,25)26)15-16(27-19(21)33)30(20(34)28-18(15)32)11-10-12-4-2-1-3-5-12/h1-9,15H,10-11H2,(H,29,31)(H,28,32,34). The Morgan fingerprint density at radius 3 is 2.35 bits per heavy atom. The van der Waals surface area contributed by atoms with E-state index in [0.29, 0.717) is 0 Å². The maximum absolute atomic E-state index is 14.4. The quantitative estimate of drug-likeness (QED) is 0.669. The fourth-order valence-corrected chi connectivity index (χ4v) is 4.01. The molecule has 2 aromatic carbocycles. The summed E-state index contributed by atoms with van der Waals surface area (Å²) in [5, 5.41) is 3.78. The molecule has 2 heterocycles. The number of carbonyl (C=O) groups excluding carboxylic acids is 4. The second-order valence-electron chi connectivity index (χ2n) is 7.66. The number of amidine groups is 1. The van der Waals surface area contributed by atoms with Crippen LogP contribution in [0.3, 0.4) is 0 Å². The number of alkyl halides is 3. The highest BCUT2D eigenvalue weighted by molar-refractivity contribution is 6.30. The zero-order valence-corrected chi connectivity index (χ0v) is 18.0. The number of urea groups is 1. The van der Waals surface area contributed by atoms with Crippen LogP contribution in [0.5, 0.6) is 0 Å². The van der Waals surface area contributed by atoms with Gasteiger partial charge < -0.3 is 5.32 Å². The van der Waals surface area contributed by atoms with Crippen molar-refractivity contribution in [3.63, 3.8) is 0 Å². The molecule has 2 aliphatic rings. The lowest BCUT2D eigenvalue weighted by Crippen LogP contribution is -2.72. The summed E-state index contributed by atoms with van der Waals surface area (Å²) in [5.74, 6) is -7.40. The van der Waals surface area contributed by atoms with Crippen LogP contribution in [0.15, 0.2) is 59.6 Å². The Hall–Kier alpha value is -3.73. The third kappa shape index (κ3) is 3.92. The molecule has 0 spiro atoms. The predicted octanol–water partition coefficient (Wildman–Crippen LogP) is 2.72. The molecule has 4 rings (SSSR count). The smallest absolute Gasteiger partial charge is 0.329 e. The summed E-state index contributed by atoms with van der Waals surface area (Å²) in [4.78, 5) is 54.7. The summed E-state index contributed by atoms with van der Waals surface area (Å²) in [6.07, 6.45) is -5.19. The number of rotatable bonds is 5. The van der Waals surface area contributed by atoms with Crippen LogP contribution in [0.2, 0.25) is 5.02 Å². The minimum atomic E-state index is -5.41. The Kier molecular flexibility index (Phi) is 5.90. The maximum Gasteiger partial charge on any atom is 0.422 e. The number of carbonyl (C=O) groups is 4. The molecular weight excluding hydrogens is 477 g/mol. The van der Waals surface area contributed by atoms with Gasteiger partial charge in [0.2, 0.25) is 11.4 Å². The highest BCUT2D eigenvalue weighted by Gasteiger charge is 2.73.